The fourth-order valence-electron chi connectivity index (χ4n) is 3.61. The summed E-state index contributed by atoms with van der Waals surface area (Å²) in [4.78, 5) is 5.02. The van der Waals surface area contributed by atoms with Crippen LogP contribution in [0.25, 0.3) is 0 Å². The Balaban J connectivity index is 1.51. The van der Waals surface area contributed by atoms with Gasteiger partial charge in [0.15, 0.2) is 0 Å². The van der Waals surface area contributed by atoms with Crippen LogP contribution in [-0.2, 0) is 18.4 Å². The Kier molecular flexibility index (Phi) is 12.3. The second-order valence-electron chi connectivity index (χ2n) is 7.57. The van der Waals surface area contributed by atoms with E-state index in [1.165, 1.54) is 0 Å². The van der Waals surface area contributed by atoms with E-state index in [4.69, 9.17) is 18.4 Å². The fraction of sp³-hybridized carbons (Fsp3) is 1.00. The molecule has 160 valence electrons. The van der Waals surface area contributed by atoms with E-state index in [0.717, 1.165) is 90.8 Å². The Hall–Kier alpha value is 0.110. The van der Waals surface area contributed by atoms with Crippen molar-refractivity contribution in [2.24, 2.45) is 0 Å². The van der Waals surface area contributed by atoms with E-state index in [2.05, 4.69) is 30.6 Å². The smallest absolute Gasteiger partial charge is 0.0840 e. The summed E-state index contributed by atoms with van der Waals surface area (Å²) in [5.74, 6) is 0.901. The highest BCUT2D eigenvalue weighted by atomic mass is 32.2. The van der Waals surface area contributed by atoms with E-state index < -0.39 is 0 Å². The van der Waals surface area contributed by atoms with E-state index in [9.17, 15) is 0 Å². The predicted molar refractivity (Wildman–Crippen MR) is 111 cm³/mol. The van der Waals surface area contributed by atoms with Crippen molar-refractivity contribution in [3.05, 3.63) is 0 Å². The lowest BCUT2D eigenvalue weighted by molar-refractivity contribution is -0.0552. The summed E-state index contributed by atoms with van der Waals surface area (Å²) >= 11 is 1.57. The molecule has 0 bridgehead atoms. The molecule has 0 saturated carbocycles. The van der Waals surface area contributed by atoms with Gasteiger partial charge in [-0.25, -0.2) is 0 Å². The van der Waals surface area contributed by atoms with Crippen LogP contribution in [0.1, 0.15) is 40.0 Å². The summed E-state index contributed by atoms with van der Waals surface area (Å²) in [5, 5.41) is 0. The molecule has 7 heteroatoms. The maximum Gasteiger partial charge on any atom is 0.0840 e. The molecule has 3 atom stereocenters. The third-order valence-corrected chi connectivity index (χ3v) is 6.20. The normalized spacial score (nSPS) is 27.9. The highest BCUT2D eigenvalue weighted by molar-refractivity contribution is 7.94. The second kappa shape index (κ2) is 14.1. The van der Waals surface area contributed by atoms with Gasteiger partial charge in [-0.1, -0.05) is 6.92 Å². The third kappa shape index (κ3) is 8.98. The lowest BCUT2D eigenvalue weighted by Crippen LogP contribution is -2.51. The largest absolute Gasteiger partial charge is 0.381 e. The summed E-state index contributed by atoms with van der Waals surface area (Å²) in [6.45, 7) is 16.0. The van der Waals surface area contributed by atoms with Crippen LogP contribution in [0.5, 0.6) is 0 Å². The Morgan fingerprint density at radius 1 is 1.00 bits per heavy atom. The molecule has 1 unspecified atom stereocenters. The van der Waals surface area contributed by atoms with Crippen molar-refractivity contribution in [2.45, 2.75) is 58.2 Å². The van der Waals surface area contributed by atoms with Gasteiger partial charge in [0, 0.05) is 57.2 Å². The molecule has 0 aromatic heterocycles. The van der Waals surface area contributed by atoms with Gasteiger partial charge in [0.2, 0.25) is 0 Å². The number of ether oxygens (including phenoxy) is 3. The molecule has 0 spiro atoms. The molecule has 0 aliphatic carbocycles. The molecule has 27 heavy (non-hydrogen) atoms. The van der Waals surface area contributed by atoms with E-state index in [-0.39, 0.29) is 6.10 Å². The molecule has 2 rings (SSSR count). The van der Waals surface area contributed by atoms with E-state index in [0.29, 0.717) is 12.1 Å². The van der Waals surface area contributed by atoms with Crippen molar-refractivity contribution in [1.82, 2.24) is 9.80 Å². The predicted octanol–water partition coefficient (Wildman–Crippen LogP) is 2.67. The Labute approximate surface area is 170 Å². The third-order valence-electron chi connectivity index (χ3n) is 5.40. The maximum atomic E-state index is 5.99. The van der Waals surface area contributed by atoms with Gasteiger partial charge < -0.3 is 18.4 Å². The van der Waals surface area contributed by atoms with Crippen molar-refractivity contribution in [3.63, 3.8) is 0 Å². The topological polar surface area (TPSA) is 43.4 Å². The molecule has 2 saturated heterocycles. The number of rotatable bonds is 13. The van der Waals surface area contributed by atoms with Gasteiger partial charge in [0.1, 0.15) is 0 Å². The summed E-state index contributed by atoms with van der Waals surface area (Å²) in [7, 11) is 0. The summed E-state index contributed by atoms with van der Waals surface area (Å²) in [6, 6.07) is 0.969. The molecule has 2 aliphatic heterocycles. The SMILES string of the molecule is CCCOCCCN1CCOC(CSOCCCN2CCOC[C@@H]2C)[C@H]1C. The van der Waals surface area contributed by atoms with E-state index in [1.54, 1.807) is 12.0 Å². The molecule has 0 aromatic carbocycles. The first kappa shape index (κ1) is 23.4. The van der Waals surface area contributed by atoms with E-state index in [1.807, 2.05) is 0 Å². The van der Waals surface area contributed by atoms with Crippen LogP contribution < -0.4 is 0 Å². The second-order valence-corrected chi connectivity index (χ2v) is 8.38. The average Bonchev–Trinajstić information content (AvgIpc) is 2.68. The minimum Gasteiger partial charge on any atom is -0.381 e. The Bertz CT molecular complexity index is 378. The summed E-state index contributed by atoms with van der Waals surface area (Å²) in [5.41, 5.74) is 0. The van der Waals surface area contributed by atoms with Crippen LogP contribution in [0.3, 0.4) is 0 Å². The van der Waals surface area contributed by atoms with Crippen LogP contribution >= 0.6 is 12.0 Å². The van der Waals surface area contributed by atoms with Gasteiger partial charge in [-0.15, -0.1) is 0 Å². The summed E-state index contributed by atoms with van der Waals surface area (Å²) < 4.78 is 22.9. The first-order valence-electron chi connectivity index (χ1n) is 10.7. The maximum absolute atomic E-state index is 5.99. The average molecular weight is 405 g/mol. The molecule has 0 N–H and O–H groups in total. The van der Waals surface area contributed by atoms with Gasteiger partial charge in [-0.05, 0) is 45.2 Å². The fourth-order valence-corrected chi connectivity index (χ4v) is 4.45. The van der Waals surface area contributed by atoms with Gasteiger partial charge in [0.05, 0.1) is 32.5 Å². The zero-order chi connectivity index (χ0) is 19.3. The van der Waals surface area contributed by atoms with Crippen LogP contribution in [0.2, 0.25) is 0 Å². The van der Waals surface area contributed by atoms with Crippen molar-refractivity contribution in [1.29, 1.82) is 0 Å². The number of hydrogen-bond donors (Lipinski definition) is 0. The van der Waals surface area contributed by atoms with Crippen molar-refractivity contribution >= 4 is 12.0 Å². The van der Waals surface area contributed by atoms with Crippen molar-refractivity contribution in [2.75, 3.05) is 71.6 Å². The molecule has 2 fully saturated rings. The molecule has 0 aromatic rings. The van der Waals surface area contributed by atoms with Crippen LogP contribution in [0.4, 0.5) is 0 Å². The minimum absolute atomic E-state index is 0.250. The molecular formula is C20H40N2O4S. The highest BCUT2D eigenvalue weighted by Gasteiger charge is 2.28. The standard InChI is InChI=1S/C20H40N2O4S/c1-4-11-23-12-5-8-22-10-15-25-20(19(22)3)17-27-26-13-6-7-21-9-14-24-16-18(21)2/h18-20H,4-17H2,1-3H3/t18-,19+,20?/m0/s1. The van der Waals surface area contributed by atoms with Crippen molar-refractivity contribution < 1.29 is 18.4 Å². The molecule has 2 aliphatic rings. The molecule has 2 heterocycles. The van der Waals surface area contributed by atoms with Gasteiger partial charge in [0.25, 0.3) is 0 Å². The zero-order valence-electron chi connectivity index (χ0n) is 17.6. The Morgan fingerprint density at radius 3 is 2.59 bits per heavy atom. The number of hydrogen-bond acceptors (Lipinski definition) is 7. The van der Waals surface area contributed by atoms with E-state index >= 15 is 0 Å². The summed E-state index contributed by atoms with van der Waals surface area (Å²) in [6.07, 6.45) is 3.52. The minimum atomic E-state index is 0.250. The quantitative estimate of drug-likeness (QED) is 0.345. The van der Waals surface area contributed by atoms with Crippen molar-refractivity contribution in [3.8, 4) is 0 Å². The zero-order valence-corrected chi connectivity index (χ0v) is 18.4. The molecule has 0 amide bonds. The first-order chi connectivity index (χ1) is 13.2. The van der Waals surface area contributed by atoms with Crippen LogP contribution in [0.15, 0.2) is 0 Å². The molecular weight excluding hydrogens is 364 g/mol. The Morgan fingerprint density at radius 2 is 1.78 bits per heavy atom. The first-order valence-corrected chi connectivity index (χ1v) is 11.6. The molecule has 6 nitrogen and oxygen atoms in total. The monoisotopic (exact) mass is 404 g/mol. The highest BCUT2D eigenvalue weighted by Crippen LogP contribution is 2.19. The van der Waals surface area contributed by atoms with Crippen LogP contribution in [0, 0.1) is 0 Å². The van der Waals surface area contributed by atoms with Crippen LogP contribution in [-0.4, -0.2) is 99.6 Å². The lowest BCUT2D eigenvalue weighted by Gasteiger charge is -2.39. The number of nitrogens with zero attached hydrogens (tertiary/aromatic N) is 2. The lowest BCUT2D eigenvalue weighted by atomic mass is 10.1. The van der Waals surface area contributed by atoms with Gasteiger partial charge >= 0.3 is 0 Å². The molecule has 0 radical (unpaired) electrons. The van der Waals surface area contributed by atoms with Gasteiger partial charge in [-0.2, -0.15) is 0 Å². The number of morpholine rings is 2. The van der Waals surface area contributed by atoms with Gasteiger partial charge in [-0.3, -0.25) is 9.80 Å².